The van der Waals surface area contributed by atoms with Crippen molar-refractivity contribution in [2.45, 2.75) is 0 Å². The maximum atomic E-state index is 12.1. The molecule has 4 heteroatoms. The molecule has 3 rings (SSSR count). The van der Waals surface area contributed by atoms with Gasteiger partial charge in [-0.05, 0) is 11.6 Å². The summed E-state index contributed by atoms with van der Waals surface area (Å²) < 4.78 is 0. The molecule has 0 saturated carbocycles. The van der Waals surface area contributed by atoms with E-state index in [1.807, 2.05) is 54.6 Å². The van der Waals surface area contributed by atoms with Crippen LogP contribution in [-0.2, 0) is 0 Å². The Kier molecular flexibility index (Phi) is 3.29. The molecule has 98 valence electrons. The molecule has 0 unspecified atom stereocenters. The molecule has 2 N–H and O–H groups in total. The summed E-state index contributed by atoms with van der Waals surface area (Å²) in [5, 5.41) is 4.85. The number of benzene rings is 2. The Morgan fingerprint density at radius 3 is 2.65 bits per heavy atom. The number of para-hydroxylation sites is 1. The molecule has 0 aliphatic rings. The normalized spacial score (nSPS) is 11.0. The Labute approximate surface area is 116 Å². The van der Waals surface area contributed by atoms with Gasteiger partial charge in [-0.15, -0.1) is 0 Å². The number of nitrogens with zero attached hydrogens (tertiary/aromatic N) is 1. The summed E-state index contributed by atoms with van der Waals surface area (Å²) >= 11 is 0. The first-order valence-corrected chi connectivity index (χ1v) is 6.29. The van der Waals surface area contributed by atoms with E-state index in [9.17, 15) is 4.79 Å². The summed E-state index contributed by atoms with van der Waals surface area (Å²) in [6, 6.07) is 17.3. The zero-order valence-corrected chi connectivity index (χ0v) is 10.7. The van der Waals surface area contributed by atoms with Crippen molar-refractivity contribution in [3.63, 3.8) is 0 Å². The molecule has 0 radical (unpaired) electrons. The average molecular weight is 263 g/mol. The molecule has 0 aliphatic carbocycles. The van der Waals surface area contributed by atoms with Crippen molar-refractivity contribution in [2.24, 2.45) is 5.10 Å². The van der Waals surface area contributed by atoms with Crippen molar-refractivity contribution >= 4 is 23.0 Å². The first-order chi connectivity index (χ1) is 9.84. The van der Waals surface area contributed by atoms with Crippen LogP contribution in [0.4, 0.5) is 0 Å². The minimum atomic E-state index is -0.227. The van der Waals surface area contributed by atoms with Crippen molar-refractivity contribution in [2.75, 3.05) is 0 Å². The second kappa shape index (κ2) is 5.40. The van der Waals surface area contributed by atoms with Gasteiger partial charge in [-0.2, -0.15) is 5.10 Å². The second-order valence-electron chi connectivity index (χ2n) is 4.36. The summed E-state index contributed by atoms with van der Waals surface area (Å²) in [7, 11) is 0. The van der Waals surface area contributed by atoms with Gasteiger partial charge in [-0.25, -0.2) is 5.43 Å². The van der Waals surface area contributed by atoms with E-state index in [0.29, 0.717) is 5.56 Å². The number of hydrogen-bond donors (Lipinski definition) is 2. The van der Waals surface area contributed by atoms with Gasteiger partial charge in [0.15, 0.2) is 0 Å². The minimum Gasteiger partial charge on any atom is -0.360 e. The van der Waals surface area contributed by atoms with Crippen LogP contribution in [0.1, 0.15) is 15.9 Å². The van der Waals surface area contributed by atoms with Gasteiger partial charge in [-0.1, -0.05) is 48.5 Å². The van der Waals surface area contributed by atoms with E-state index in [0.717, 1.165) is 16.5 Å². The average Bonchev–Trinajstić information content (AvgIpc) is 2.92. The lowest BCUT2D eigenvalue weighted by Crippen LogP contribution is -2.17. The van der Waals surface area contributed by atoms with Crippen molar-refractivity contribution < 1.29 is 4.79 Å². The lowest BCUT2D eigenvalue weighted by atomic mass is 10.2. The van der Waals surface area contributed by atoms with Crippen LogP contribution in [0.5, 0.6) is 0 Å². The van der Waals surface area contributed by atoms with E-state index in [1.54, 1.807) is 12.4 Å². The van der Waals surface area contributed by atoms with Gasteiger partial charge in [0.1, 0.15) is 0 Å². The SMILES string of the molecule is O=C(NN=Cc1ccccc1)c1c[nH]c2ccccc12. The predicted octanol–water partition coefficient (Wildman–Crippen LogP) is 2.93. The number of carbonyl (C=O) groups is 1. The highest BCUT2D eigenvalue weighted by Gasteiger charge is 2.10. The van der Waals surface area contributed by atoms with Crippen molar-refractivity contribution in [1.29, 1.82) is 0 Å². The summed E-state index contributed by atoms with van der Waals surface area (Å²) in [4.78, 5) is 15.1. The standard InChI is InChI=1S/C16H13N3O/c20-16(19-18-10-12-6-2-1-3-7-12)14-11-17-15-9-5-4-8-13(14)15/h1-11,17H,(H,19,20). The van der Waals surface area contributed by atoms with Gasteiger partial charge >= 0.3 is 0 Å². The highest BCUT2D eigenvalue weighted by Crippen LogP contribution is 2.17. The van der Waals surface area contributed by atoms with E-state index in [1.165, 1.54) is 0 Å². The van der Waals surface area contributed by atoms with Gasteiger partial charge in [0, 0.05) is 17.1 Å². The van der Waals surface area contributed by atoms with Crippen LogP contribution in [0.15, 0.2) is 65.9 Å². The maximum absolute atomic E-state index is 12.1. The summed E-state index contributed by atoms with van der Waals surface area (Å²) in [6.07, 6.45) is 3.31. The third-order valence-corrected chi connectivity index (χ3v) is 3.01. The number of carbonyl (C=O) groups excluding carboxylic acids is 1. The number of nitrogens with one attached hydrogen (secondary N) is 2. The van der Waals surface area contributed by atoms with Crippen LogP contribution in [0.2, 0.25) is 0 Å². The van der Waals surface area contributed by atoms with Crippen LogP contribution < -0.4 is 5.43 Å². The zero-order valence-electron chi connectivity index (χ0n) is 10.7. The number of aromatic amines is 1. The summed E-state index contributed by atoms with van der Waals surface area (Å²) in [5.41, 5.74) is 5.00. The van der Waals surface area contributed by atoms with Crippen LogP contribution in [0, 0.1) is 0 Å². The number of hydrazone groups is 1. The van der Waals surface area contributed by atoms with Crippen LogP contribution >= 0.6 is 0 Å². The minimum absolute atomic E-state index is 0.227. The predicted molar refractivity (Wildman–Crippen MR) is 79.8 cm³/mol. The third-order valence-electron chi connectivity index (χ3n) is 3.01. The maximum Gasteiger partial charge on any atom is 0.273 e. The van der Waals surface area contributed by atoms with E-state index in [4.69, 9.17) is 0 Å². The van der Waals surface area contributed by atoms with Gasteiger partial charge in [-0.3, -0.25) is 4.79 Å². The topological polar surface area (TPSA) is 57.2 Å². The number of aromatic nitrogens is 1. The molecule has 3 aromatic rings. The Balaban J connectivity index is 1.75. The van der Waals surface area contributed by atoms with Crippen molar-refractivity contribution in [3.8, 4) is 0 Å². The quantitative estimate of drug-likeness (QED) is 0.554. The largest absolute Gasteiger partial charge is 0.360 e. The Morgan fingerprint density at radius 1 is 1.05 bits per heavy atom. The Bertz CT molecular complexity index is 760. The fourth-order valence-corrected chi connectivity index (χ4v) is 2.02. The van der Waals surface area contributed by atoms with Crippen molar-refractivity contribution in [1.82, 2.24) is 10.4 Å². The lowest BCUT2D eigenvalue weighted by molar-refractivity contribution is 0.0957. The second-order valence-corrected chi connectivity index (χ2v) is 4.36. The number of amides is 1. The highest BCUT2D eigenvalue weighted by molar-refractivity contribution is 6.06. The fourth-order valence-electron chi connectivity index (χ4n) is 2.02. The molecule has 0 bridgehead atoms. The van der Waals surface area contributed by atoms with Gasteiger partial charge in [0.25, 0.3) is 5.91 Å². The number of fused-ring (bicyclic) bond motifs is 1. The summed E-state index contributed by atoms with van der Waals surface area (Å²) in [5.74, 6) is -0.227. The van der Waals surface area contributed by atoms with E-state index in [2.05, 4.69) is 15.5 Å². The number of H-pyrrole nitrogens is 1. The third kappa shape index (κ3) is 2.44. The number of hydrogen-bond acceptors (Lipinski definition) is 2. The summed E-state index contributed by atoms with van der Waals surface area (Å²) in [6.45, 7) is 0. The monoisotopic (exact) mass is 263 g/mol. The van der Waals surface area contributed by atoms with E-state index in [-0.39, 0.29) is 5.91 Å². The smallest absolute Gasteiger partial charge is 0.273 e. The van der Waals surface area contributed by atoms with E-state index >= 15 is 0 Å². The molecule has 4 nitrogen and oxygen atoms in total. The lowest BCUT2D eigenvalue weighted by Gasteiger charge is -1.98. The molecular weight excluding hydrogens is 250 g/mol. The molecule has 20 heavy (non-hydrogen) atoms. The van der Waals surface area contributed by atoms with Crippen LogP contribution in [-0.4, -0.2) is 17.1 Å². The molecule has 0 saturated heterocycles. The first-order valence-electron chi connectivity index (χ1n) is 6.29. The van der Waals surface area contributed by atoms with Crippen LogP contribution in [0.3, 0.4) is 0 Å². The van der Waals surface area contributed by atoms with Crippen molar-refractivity contribution in [3.05, 3.63) is 71.9 Å². The molecule has 0 fully saturated rings. The van der Waals surface area contributed by atoms with Gasteiger partial charge in [0.05, 0.1) is 11.8 Å². The fraction of sp³-hybridized carbons (Fsp3) is 0. The van der Waals surface area contributed by atoms with Crippen LogP contribution in [0.25, 0.3) is 10.9 Å². The Hall–Kier alpha value is -2.88. The molecule has 2 aromatic carbocycles. The molecule has 1 aromatic heterocycles. The zero-order chi connectivity index (χ0) is 13.8. The first kappa shape index (κ1) is 12.2. The Morgan fingerprint density at radius 2 is 1.80 bits per heavy atom. The molecule has 0 spiro atoms. The molecular formula is C16H13N3O. The number of rotatable bonds is 3. The molecule has 0 atom stereocenters. The van der Waals surface area contributed by atoms with Gasteiger partial charge < -0.3 is 4.98 Å². The highest BCUT2D eigenvalue weighted by atomic mass is 16.2. The van der Waals surface area contributed by atoms with Gasteiger partial charge in [0.2, 0.25) is 0 Å². The van der Waals surface area contributed by atoms with E-state index < -0.39 is 0 Å². The molecule has 1 amide bonds. The molecule has 1 heterocycles. The molecule has 0 aliphatic heterocycles.